The lowest BCUT2D eigenvalue weighted by molar-refractivity contribution is -0.124. The van der Waals surface area contributed by atoms with Crippen molar-refractivity contribution in [1.82, 2.24) is 19.8 Å². The Morgan fingerprint density at radius 3 is 2.59 bits per heavy atom. The molecular formula is C17H24N4O. The summed E-state index contributed by atoms with van der Waals surface area (Å²) in [7, 11) is 4.08. The number of carbonyl (C=O) groups excluding carboxylic acids is 1. The Bertz CT molecular complexity index is 633. The largest absolute Gasteiger partial charge is 0.350 e. The zero-order valence-corrected chi connectivity index (χ0v) is 13.7. The number of hydrogen-bond donors (Lipinski definition) is 1. The van der Waals surface area contributed by atoms with Gasteiger partial charge in [-0.05, 0) is 39.1 Å². The molecule has 0 aliphatic carbocycles. The van der Waals surface area contributed by atoms with Crippen LogP contribution in [0.1, 0.15) is 29.9 Å². The van der Waals surface area contributed by atoms with Gasteiger partial charge in [0.1, 0.15) is 11.9 Å². The van der Waals surface area contributed by atoms with Crippen molar-refractivity contribution in [3.8, 4) is 0 Å². The van der Waals surface area contributed by atoms with Gasteiger partial charge in [0.2, 0.25) is 5.91 Å². The highest BCUT2D eigenvalue weighted by Gasteiger charge is 2.16. The van der Waals surface area contributed by atoms with Crippen LogP contribution in [0, 0.1) is 6.92 Å². The van der Waals surface area contributed by atoms with Gasteiger partial charge in [0.25, 0.3) is 0 Å². The van der Waals surface area contributed by atoms with Crippen LogP contribution in [0.3, 0.4) is 0 Å². The molecule has 2 rings (SSSR count). The van der Waals surface area contributed by atoms with Crippen LogP contribution in [0.15, 0.2) is 36.7 Å². The number of benzene rings is 1. The fourth-order valence-corrected chi connectivity index (χ4v) is 2.48. The van der Waals surface area contributed by atoms with Crippen LogP contribution in [-0.2, 0) is 17.9 Å². The molecule has 0 spiro atoms. The zero-order valence-electron chi connectivity index (χ0n) is 13.7. The van der Waals surface area contributed by atoms with Crippen molar-refractivity contribution >= 4 is 5.91 Å². The number of aryl methyl sites for hydroxylation is 1. The van der Waals surface area contributed by atoms with E-state index in [0.29, 0.717) is 6.54 Å². The normalized spacial score (nSPS) is 12.4. The van der Waals surface area contributed by atoms with E-state index in [2.05, 4.69) is 27.3 Å². The van der Waals surface area contributed by atoms with Crippen molar-refractivity contribution < 1.29 is 4.79 Å². The Morgan fingerprint density at radius 1 is 1.32 bits per heavy atom. The molecule has 0 aliphatic rings. The first-order valence-electron chi connectivity index (χ1n) is 7.47. The summed E-state index contributed by atoms with van der Waals surface area (Å²) in [5.41, 5.74) is 2.39. The summed E-state index contributed by atoms with van der Waals surface area (Å²) in [5.74, 6) is 0.844. The molecule has 22 heavy (non-hydrogen) atoms. The van der Waals surface area contributed by atoms with Crippen molar-refractivity contribution in [2.75, 3.05) is 14.1 Å². The number of carbonyl (C=O) groups is 1. The first-order chi connectivity index (χ1) is 10.5. The monoisotopic (exact) mass is 300 g/mol. The van der Waals surface area contributed by atoms with Crippen LogP contribution in [-0.4, -0.2) is 34.5 Å². The first kappa shape index (κ1) is 16.2. The van der Waals surface area contributed by atoms with E-state index in [9.17, 15) is 4.79 Å². The van der Waals surface area contributed by atoms with Crippen LogP contribution in [0.2, 0.25) is 0 Å². The van der Waals surface area contributed by atoms with Gasteiger partial charge in [-0.1, -0.05) is 24.3 Å². The van der Waals surface area contributed by atoms with E-state index >= 15 is 0 Å². The third-order valence-corrected chi connectivity index (χ3v) is 3.72. The first-order valence-corrected chi connectivity index (χ1v) is 7.47. The van der Waals surface area contributed by atoms with Crippen molar-refractivity contribution in [2.45, 2.75) is 33.0 Å². The number of aromatic nitrogens is 2. The summed E-state index contributed by atoms with van der Waals surface area (Å²) in [6.07, 6.45) is 3.55. The summed E-state index contributed by atoms with van der Waals surface area (Å²) in [6, 6.07) is 7.94. The smallest absolute Gasteiger partial charge is 0.243 e. The molecule has 118 valence electrons. The minimum absolute atomic E-state index is 0.000700. The van der Waals surface area contributed by atoms with Gasteiger partial charge in [-0.15, -0.1) is 0 Å². The Hall–Kier alpha value is -2.14. The highest BCUT2D eigenvalue weighted by Crippen LogP contribution is 2.12. The third-order valence-electron chi connectivity index (χ3n) is 3.72. The molecule has 0 radical (unpaired) electrons. The summed E-state index contributed by atoms with van der Waals surface area (Å²) in [6.45, 7) is 5.19. The summed E-state index contributed by atoms with van der Waals surface area (Å²) in [4.78, 5) is 18.6. The second kappa shape index (κ2) is 7.22. The summed E-state index contributed by atoms with van der Waals surface area (Å²) < 4.78 is 1.88. The topological polar surface area (TPSA) is 50.2 Å². The standard InChI is InChI=1S/C17H24N4O/c1-13(21-10-9-18-14(21)2)17(22)19-11-15-7-5-6-8-16(15)12-20(3)4/h5-10,13H,11-12H2,1-4H3,(H,19,22). The average molecular weight is 300 g/mol. The van der Waals surface area contributed by atoms with Crippen LogP contribution in [0.5, 0.6) is 0 Å². The Morgan fingerprint density at radius 2 is 2.00 bits per heavy atom. The van der Waals surface area contributed by atoms with E-state index in [0.717, 1.165) is 17.9 Å². The SMILES string of the molecule is Cc1nccn1C(C)C(=O)NCc1ccccc1CN(C)C. The van der Waals surface area contributed by atoms with Crippen molar-refractivity contribution in [3.63, 3.8) is 0 Å². The van der Waals surface area contributed by atoms with Gasteiger partial charge < -0.3 is 14.8 Å². The molecule has 1 amide bonds. The Labute approximate surface area is 132 Å². The highest BCUT2D eigenvalue weighted by atomic mass is 16.2. The fourth-order valence-electron chi connectivity index (χ4n) is 2.48. The van der Waals surface area contributed by atoms with Crippen LogP contribution >= 0.6 is 0 Å². The minimum atomic E-state index is -0.261. The molecule has 0 saturated carbocycles. The quantitative estimate of drug-likeness (QED) is 0.889. The van der Waals surface area contributed by atoms with Crippen LogP contribution in [0.4, 0.5) is 0 Å². The van der Waals surface area contributed by atoms with Gasteiger partial charge in [-0.2, -0.15) is 0 Å². The molecule has 5 heteroatoms. The predicted octanol–water partition coefficient (Wildman–Crippen LogP) is 2.13. The lowest BCUT2D eigenvalue weighted by atomic mass is 10.1. The molecule has 0 saturated heterocycles. The maximum atomic E-state index is 12.3. The lowest BCUT2D eigenvalue weighted by Crippen LogP contribution is -2.31. The van der Waals surface area contributed by atoms with Gasteiger partial charge in [-0.3, -0.25) is 4.79 Å². The Kier molecular flexibility index (Phi) is 5.33. The fraction of sp³-hybridized carbons (Fsp3) is 0.412. The number of amides is 1. The Balaban J connectivity index is 2.01. The number of nitrogens with zero attached hydrogens (tertiary/aromatic N) is 3. The van der Waals surface area contributed by atoms with Crippen LogP contribution in [0.25, 0.3) is 0 Å². The van der Waals surface area contributed by atoms with E-state index < -0.39 is 0 Å². The van der Waals surface area contributed by atoms with Crippen molar-refractivity contribution in [1.29, 1.82) is 0 Å². The molecule has 1 heterocycles. The lowest BCUT2D eigenvalue weighted by Gasteiger charge is -2.17. The molecule has 1 atom stereocenters. The number of imidazole rings is 1. The molecule has 1 aromatic carbocycles. The van der Waals surface area contributed by atoms with Gasteiger partial charge in [0.15, 0.2) is 0 Å². The maximum Gasteiger partial charge on any atom is 0.243 e. The predicted molar refractivity (Wildman–Crippen MR) is 87.4 cm³/mol. The van der Waals surface area contributed by atoms with Gasteiger partial charge in [-0.25, -0.2) is 4.98 Å². The molecule has 1 N–H and O–H groups in total. The molecule has 1 unspecified atom stereocenters. The molecule has 0 bridgehead atoms. The number of nitrogens with one attached hydrogen (secondary N) is 1. The maximum absolute atomic E-state index is 12.3. The van der Waals surface area contributed by atoms with E-state index in [1.165, 1.54) is 5.56 Å². The molecule has 0 aliphatic heterocycles. The molecule has 2 aromatic rings. The molecule has 0 fully saturated rings. The highest BCUT2D eigenvalue weighted by molar-refractivity contribution is 5.79. The number of rotatable bonds is 6. The molecule has 1 aromatic heterocycles. The molecule has 5 nitrogen and oxygen atoms in total. The van der Waals surface area contributed by atoms with E-state index in [1.54, 1.807) is 6.20 Å². The second-order valence-electron chi connectivity index (χ2n) is 5.78. The van der Waals surface area contributed by atoms with E-state index in [4.69, 9.17) is 0 Å². The zero-order chi connectivity index (χ0) is 16.1. The van der Waals surface area contributed by atoms with Crippen LogP contribution < -0.4 is 5.32 Å². The molecular weight excluding hydrogens is 276 g/mol. The van der Waals surface area contributed by atoms with Crippen molar-refractivity contribution in [3.05, 3.63) is 53.6 Å². The van der Waals surface area contributed by atoms with E-state index in [1.807, 2.05) is 50.8 Å². The van der Waals surface area contributed by atoms with E-state index in [-0.39, 0.29) is 11.9 Å². The van der Waals surface area contributed by atoms with Gasteiger partial charge in [0.05, 0.1) is 0 Å². The summed E-state index contributed by atoms with van der Waals surface area (Å²) >= 11 is 0. The summed E-state index contributed by atoms with van der Waals surface area (Å²) in [5, 5.41) is 3.02. The van der Waals surface area contributed by atoms with Gasteiger partial charge in [0, 0.05) is 25.5 Å². The minimum Gasteiger partial charge on any atom is -0.350 e. The second-order valence-corrected chi connectivity index (χ2v) is 5.78. The third kappa shape index (κ3) is 3.95. The van der Waals surface area contributed by atoms with Gasteiger partial charge >= 0.3 is 0 Å². The van der Waals surface area contributed by atoms with Crippen molar-refractivity contribution in [2.24, 2.45) is 0 Å². The number of hydrogen-bond acceptors (Lipinski definition) is 3. The average Bonchev–Trinajstić information content (AvgIpc) is 2.90.